The second kappa shape index (κ2) is 7.00. The Hall–Kier alpha value is -2.14. The summed E-state index contributed by atoms with van der Waals surface area (Å²) in [4.78, 5) is 27.8. The van der Waals surface area contributed by atoms with E-state index in [1.807, 2.05) is 46.7 Å². The Morgan fingerprint density at radius 1 is 1.08 bits per heavy atom. The van der Waals surface area contributed by atoms with Crippen LogP contribution in [0.5, 0.6) is 0 Å². The number of nitrogens with one attached hydrogen (secondary N) is 1. The largest absolute Gasteiger partial charge is 0.349 e. The number of thiophene rings is 1. The van der Waals surface area contributed by atoms with Gasteiger partial charge in [-0.25, -0.2) is 0 Å². The fourth-order valence-electron chi connectivity index (χ4n) is 2.93. The van der Waals surface area contributed by atoms with E-state index in [2.05, 4.69) is 5.32 Å². The van der Waals surface area contributed by atoms with Crippen LogP contribution in [-0.2, 0) is 17.8 Å². The van der Waals surface area contributed by atoms with Gasteiger partial charge in [0, 0.05) is 29.1 Å². The van der Waals surface area contributed by atoms with E-state index in [0.717, 1.165) is 36.1 Å². The summed E-state index contributed by atoms with van der Waals surface area (Å²) in [7, 11) is 0. The van der Waals surface area contributed by atoms with Gasteiger partial charge in [0.2, 0.25) is 5.91 Å². The topological polar surface area (TPSA) is 49.4 Å². The molecule has 0 unspecified atom stereocenters. The third-order valence-corrected chi connectivity index (χ3v) is 5.57. The third kappa shape index (κ3) is 4.28. The minimum Gasteiger partial charge on any atom is -0.349 e. The molecule has 0 spiro atoms. The van der Waals surface area contributed by atoms with Crippen molar-refractivity contribution in [3.63, 3.8) is 0 Å². The van der Waals surface area contributed by atoms with Crippen LogP contribution in [0.2, 0.25) is 0 Å². The molecule has 2 fully saturated rings. The quantitative estimate of drug-likeness (QED) is 0.829. The second-order valence-corrected chi connectivity index (χ2v) is 7.99. The molecule has 1 aromatic heterocycles. The number of nitrogens with zero attached hydrogens (tertiary/aromatic N) is 1. The Labute approximate surface area is 151 Å². The highest BCUT2D eigenvalue weighted by Gasteiger charge is 2.32. The number of carbonyl (C=O) groups is 2. The molecule has 2 aliphatic rings. The average Bonchev–Trinajstić information content (AvgIpc) is 3.54. The van der Waals surface area contributed by atoms with Crippen molar-refractivity contribution in [1.82, 2.24) is 10.2 Å². The van der Waals surface area contributed by atoms with Crippen LogP contribution in [0.15, 0.2) is 41.8 Å². The van der Waals surface area contributed by atoms with Crippen LogP contribution in [0.3, 0.4) is 0 Å². The summed E-state index contributed by atoms with van der Waals surface area (Å²) in [5.74, 6) is 0.197. The molecule has 2 amide bonds. The van der Waals surface area contributed by atoms with E-state index in [1.54, 1.807) is 11.3 Å². The van der Waals surface area contributed by atoms with Gasteiger partial charge in [0.1, 0.15) is 0 Å². The zero-order chi connectivity index (χ0) is 17.2. The van der Waals surface area contributed by atoms with Crippen molar-refractivity contribution in [1.29, 1.82) is 0 Å². The van der Waals surface area contributed by atoms with Crippen molar-refractivity contribution in [2.24, 2.45) is 0 Å². The normalized spacial score (nSPS) is 16.5. The average molecular weight is 354 g/mol. The molecule has 2 saturated carbocycles. The first kappa shape index (κ1) is 16.3. The maximum absolute atomic E-state index is 12.7. The minimum absolute atomic E-state index is 0.00173. The van der Waals surface area contributed by atoms with Crippen LogP contribution in [0.1, 0.15) is 46.5 Å². The molecule has 0 radical (unpaired) electrons. The van der Waals surface area contributed by atoms with Gasteiger partial charge in [0.15, 0.2) is 0 Å². The Morgan fingerprint density at radius 2 is 1.84 bits per heavy atom. The molecule has 4 rings (SSSR count). The Bertz CT molecular complexity index is 747. The monoisotopic (exact) mass is 354 g/mol. The van der Waals surface area contributed by atoms with Crippen LogP contribution < -0.4 is 5.32 Å². The highest BCUT2D eigenvalue weighted by molar-refractivity contribution is 7.10. The van der Waals surface area contributed by atoms with Gasteiger partial charge in [-0.1, -0.05) is 18.2 Å². The zero-order valence-electron chi connectivity index (χ0n) is 14.1. The van der Waals surface area contributed by atoms with Crippen LogP contribution in [0.25, 0.3) is 0 Å². The van der Waals surface area contributed by atoms with Crippen molar-refractivity contribution in [3.8, 4) is 0 Å². The van der Waals surface area contributed by atoms with Gasteiger partial charge >= 0.3 is 0 Å². The van der Waals surface area contributed by atoms with Gasteiger partial charge < -0.3 is 10.2 Å². The summed E-state index contributed by atoms with van der Waals surface area (Å²) < 4.78 is 0. The molecular weight excluding hydrogens is 332 g/mol. The first-order chi connectivity index (χ1) is 12.2. The number of amides is 2. The lowest BCUT2D eigenvalue weighted by molar-refractivity contribution is -0.131. The molecule has 5 heteroatoms. The van der Waals surface area contributed by atoms with E-state index in [0.29, 0.717) is 30.6 Å². The van der Waals surface area contributed by atoms with Crippen molar-refractivity contribution < 1.29 is 9.59 Å². The lowest BCUT2D eigenvalue weighted by Crippen LogP contribution is -2.33. The number of carbonyl (C=O) groups excluding carboxylic acids is 2. The fraction of sp³-hybridized carbons (Fsp3) is 0.400. The van der Waals surface area contributed by atoms with E-state index < -0.39 is 0 Å². The molecule has 25 heavy (non-hydrogen) atoms. The number of rotatable bonds is 7. The van der Waals surface area contributed by atoms with Crippen LogP contribution in [0, 0.1) is 0 Å². The molecule has 2 aliphatic carbocycles. The van der Waals surface area contributed by atoms with E-state index in [1.165, 1.54) is 0 Å². The number of hydrogen-bond donors (Lipinski definition) is 1. The SMILES string of the molecule is O=C(NC1CC1)c1ccc(CN(C(=O)Cc2cccs2)C2CC2)cc1. The molecule has 1 heterocycles. The lowest BCUT2D eigenvalue weighted by Gasteiger charge is -2.22. The smallest absolute Gasteiger partial charge is 0.251 e. The van der Waals surface area contributed by atoms with E-state index >= 15 is 0 Å². The van der Waals surface area contributed by atoms with Gasteiger partial charge in [0.05, 0.1) is 6.42 Å². The predicted octanol–water partition coefficient (Wildman–Crippen LogP) is 3.37. The summed E-state index contributed by atoms with van der Waals surface area (Å²) in [5.41, 5.74) is 1.77. The number of hydrogen-bond acceptors (Lipinski definition) is 3. The Balaban J connectivity index is 1.39. The Morgan fingerprint density at radius 3 is 2.44 bits per heavy atom. The van der Waals surface area contributed by atoms with Crippen molar-refractivity contribution in [3.05, 3.63) is 57.8 Å². The van der Waals surface area contributed by atoms with Crippen LogP contribution >= 0.6 is 11.3 Å². The van der Waals surface area contributed by atoms with Gasteiger partial charge in [0.25, 0.3) is 5.91 Å². The van der Waals surface area contributed by atoms with Crippen LogP contribution in [-0.4, -0.2) is 28.8 Å². The molecule has 1 aromatic carbocycles. The van der Waals surface area contributed by atoms with Gasteiger partial charge in [-0.15, -0.1) is 11.3 Å². The van der Waals surface area contributed by atoms with Gasteiger partial charge in [-0.2, -0.15) is 0 Å². The van der Waals surface area contributed by atoms with Gasteiger partial charge in [-0.05, 0) is 54.8 Å². The molecule has 1 N–H and O–H groups in total. The Kier molecular flexibility index (Phi) is 4.57. The molecular formula is C20H22N2O2S. The molecule has 0 atom stereocenters. The summed E-state index contributed by atoms with van der Waals surface area (Å²) in [6, 6.07) is 12.4. The highest BCUT2D eigenvalue weighted by atomic mass is 32.1. The standard InChI is InChI=1S/C20H22N2O2S/c23-19(12-18-2-1-11-25-18)22(17-9-10-17)13-14-3-5-15(6-4-14)20(24)21-16-7-8-16/h1-6,11,16-17H,7-10,12-13H2,(H,21,24). The number of benzene rings is 1. The summed E-state index contributed by atoms with van der Waals surface area (Å²) >= 11 is 1.63. The molecule has 2 aromatic rings. The highest BCUT2D eigenvalue weighted by Crippen LogP contribution is 2.29. The zero-order valence-corrected chi connectivity index (χ0v) is 14.9. The summed E-state index contributed by atoms with van der Waals surface area (Å²) in [6.07, 6.45) is 4.85. The lowest BCUT2D eigenvalue weighted by atomic mass is 10.1. The molecule has 130 valence electrons. The maximum Gasteiger partial charge on any atom is 0.251 e. The fourth-order valence-corrected chi connectivity index (χ4v) is 3.62. The van der Waals surface area contributed by atoms with E-state index in [9.17, 15) is 9.59 Å². The van der Waals surface area contributed by atoms with Crippen LogP contribution in [0.4, 0.5) is 0 Å². The van der Waals surface area contributed by atoms with Crippen molar-refractivity contribution in [2.75, 3.05) is 0 Å². The second-order valence-electron chi connectivity index (χ2n) is 6.95. The van der Waals surface area contributed by atoms with Crippen molar-refractivity contribution in [2.45, 2.75) is 50.7 Å². The molecule has 0 saturated heterocycles. The first-order valence-electron chi connectivity index (χ1n) is 8.91. The predicted molar refractivity (Wildman–Crippen MR) is 98.5 cm³/mol. The van der Waals surface area contributed by atoms with E-state index in [4.69, 9.17) is 0 Å². The third-order valence-electron chi connectivity index (χ3n) is 4.70. The minimum atomic E-state index is 0.00173. The summed E-state index contributed by atoms with van der Waals surface area (Å²) in [5, 5.41) is 5.01. The molecule has 0 aliphatic heterocycles. The first-order valence-corrected chi connectivity index (χ1v) is 9.78. The van der Waals surface area contributed by atoms with Crippen molar-refractivity contribution >= 4 is 23.2 Å². The summed E-state index contributed by atoms with van der Waals surface area (Å²) in [6.45, 7) is 0.624. The van der Waals surface area contributed by atoms with E-state index in [-0.39, 0.29) is 11.8 Å². The molecule has 4 nitrogen and oxygen atoms in total. The maximum atomic E-state index is 12.7. The molecule has 0 bridgehead atoms. The van der Waals surface area contributed by atoms with Gasteiger partial charge in [-0.3, -0.25) is 9.59 Å².